The van der Waals surface area contributed by atoms with Crippen molar-refractivity contribution in [2.45, 2.75) is 0 Å². The van der Waals surface area contributed by atoms with Crippen LogP contribution in [0.4, 0.5) is 5.69 Å². The fourth-order valence-electron chi connectivity index (χ4n) is 3.57. The number of thiophene rings is 1. The number of carbonyl (C=O) groups is 1. The molecule has 1 amide bonds. The number of anilines is 1. The van der Waals surface area contributed by atoms with Gasteiger partial charge < -0.3 is 14.3 Å². The molecule has 2 aromatic carbocycles. The first-order chi connectivity index (χ1) is 15.2. The van der Waals surface area contributed by atoms with Crippen LogP contribution >= 0.6 is 22.9 Å². The number of hydrogen-bond donors (Lipinski definition) is 0. The highest BCUT2D eigenvalue weighted by atomic mass is 35.5. The van der Waals surface area contributed by atoms with Crippen LogP contribution in [-0.4, -0.2) is 47.1 Å². The van der Waals surface area contributed by atoms with Crippen LogP contribution in [0.1, 0.15) is 9.67 Å². The van der Waals surface area contributed by atoms with Crippen LogP contribution in [0.3, 0.4) is 0 Å². The van der Waals surface area contributed by atoms with E-state index in [4.69, 9.17) is 16.1 Å². The maximum atomic E-state index is 13.0. The van der Waals surface area contributed by atoms with E-state index in [9.17, 15) is 4.79 Å². The molecule has 1 aliphatic rings. The van der Waals surface area contributed by atoms with E-state index < -0.39 is 0 Å². The Morgan fingerprint density at radius 3 is 2.42 bits per heavy atom. The molecule has 0 saturated carbocycles. The summed E-state index contributed by atoms with van der Waals surface area (Å²) in [5.74, 6) is 1.00. The Balaban J connectivity index is 1.25. The number of aromatic nitrogens is 2. The highest BCUT2D eigenvalue weighted by molar-refractivity contribution is 7.17. The van der Waals surface area contributed by atoms with Crippen molar-refractivity contribution in [3.63, 3.8) is 0 Å². The summed E-state index contributed by atoms with van der Waals surface area (Å²) in [6.45, 7) is 2.93. The Morgan fingerprint density at radius 2 is 1.68 bits per heavy atom. The van der Waals surface area contributed by atoms with Crippen LogP contribution in [0.2, 0.25) is 5.02 Å². The average Bonchev–Trinajstić information content (AvgIpc) is 3.50. The lowest BCUT2D eigenvalue weighted by molar-refractivity contribution is 0.0751. The van der Waals surface area contributed by atoms with Crippen LogP contribution in [0, 0.1) is 0 Å². The molecule has 0 atom stereocenters. The minimum absolute atomic E-state index is 0.0405. The second-order valence-electron chi connectivity index (χ2n) is 7.21. The molecule has 0 aliphatic carbocycles. The van der Waals surface area contributed by atoms with Gasteiger partial charge in [0.25, 0.3) is 11.8 Å². The van der Waals surface area contributed by atoms with Gasteiger partial charge in [-0.2, -0.15) is 4.98 Å². The van der Waals surface area contributed by atoms with Gasteiger partial charge in [-0.25, -0.2) is 0 Å². The first-order valence-corrected chi connectivity index (χ1v) is 11.2. The molecule has 4 aromatic rings. The summed E-state index contributed by atoms with van der Waals surface area (Å²) in [5, 5.41) is 4.81. The summed E-state index contributed by atoms with van der Waals surface area (Å²) in [4.78, 5) is 23.1. The van der Waals surface area contributed by atoms with Gasteiger partial charge in [0.1, 0.15) is 0 Å². The van der Waals surface area contributed by atoms with Gasteiger partial charge in [0.05, 0.1) is 9.75 Å². The van der Waals surface area contributed by atoms with E-state index in [-0.39, 0.29) is 5.91 Å². The quantitative estimate of drug-likeness (QED) is 0.434. The topological polar surface area (TPSA) is 62.5 Å². The number of nitrogens with zero attached hydrogens (tertiary/aromatic N) is 4. The zero-order valence-corrected chi connectivity index (χ0v) is 18.1. The second-order valence-corrected chi connectivity index (χ2v) is 8.73. The normalized spacial score (nSPS) is 14.1. The largest absolute Gasteiger partial charge is 0.368 e. The van der Waals surface area contributed by atoms with Crippen LogP contribution in [0.25, 0.3) is 22.2 Å². The maximum absolute atomic E-state index is 13.0. The lowest BCUT2D eigenvalue weighted by Crippen LogP contribution is -2.48. The fraction of sp³-hybridized carbons (Fsp3) is 0.174. The Hall–Kier alpha value is -3.16. The van der Waals surface area contributed by atoms with E-state index in [1.807, 2.05) is 71.6 Å². The molecule has 2 aromatic heterocycles. The highest BCUT2D eigenvalue weighted by Gasteiger charge is 2.24. The molecule has 1 fully saturated rings. The Kier molecular flexibility index (Phi) is 5.44. The number of carbonyl (C=O) groups excluding carboxylic acids is 1. The molecule has 6 nitrogen and oxygen atoms in total. The Bertz CT molecular complexity index is 1180. The molecule has 3 heterocycles. The predicted octanol–water partition coefficient (Wildman–Crippen LogP) is 5.08. The molecule has 1 saturated heterocycles. The van der Waals surface area contributed by atoms with Crippen molar-refractivity contribution in [2.75, 3.05) is 31.1 Å². The maximum Gasteiger partial charge on any atom is 0.264 e. The van der Waals surface area contributed by atoms with Crippen molar-refractivity contribution in [1.29, 1.82) is 0 Å². The minimum atomic E-state index is 0.0405. The van der Waals surface area contributed by atoms with Crippen molar-refractivity contribution < 1.29 is 9.32 Å². The molecule has 0 radical (unpaired) electrons. The van der Waals surface area contributed by atoms with Gasteiger partial charge in [-0.1, -0.05) is 35.0 Å². The summed E-state index contributed by atoms with van der Waals surface area (Å²) in [7, 11) is 0. The predicted molar refractivity (Wildman–Crippen MR) is 123 cm³/mol. The van der Waals surface area contributed by atoms with Gasteiger partial charge in [-0.15, -0.1) is 11.3 Å². The van der Waals surface area contributed by atoms with Crippen molar-refractivity contribution >= 4 is 34.5 Å². The molecule has 5 rings (SSSR count). The molecule has 1 aliphatic heterocycles. The van der Waals surface area contributed by atoms with Gasteiger partial charge in [-0.05, 0) is 48.5 Å². The molecular weight excluding hydrogens is 432 g/mol. The van der Waals surface area contributed by atoms with E-state index in [2.05, 4.69) is 15.0 Å². The summed E-state index contributed by atoms with van der Waals surface area (Å²) in [6, 6.07) is 21.2. The van der Waals surface area contributed by atoms with Gasteiger partial charge >= 0.3 is 0 Å². The third-order valence-electron chi connectivity index (χ3n) is 5.24. The van der Waals surface area contributed by atoms with Crippen LogP contribution in [0.15, 0.2) is 71.3 Å². The molecule has 0 spiro atoms. The average molecular weight is 451 g/mol. The highest BCUT2D eigenvalue weighted by Crippen LogP contribution is 2.29. The summed E-state index contributed by atoms with van der Waals surface area (Å²) < 4.78 is 5.39. The summed E-state index contributed by atoms with van der Waals surface area (Å²) >= 11 is 7.37. The number of benzene rings is 2. The first kappa shape index (κ1) is 19.8. The van der Waals surface area contributed by atoms with E-state index in [1.54, 1.807) is 0 Å². The molecule has 31 heavy (non-hydrogen) atoms. The zero-order valence-electron chi connectivity index (χ0n) is 16.6. The zero-order chi connectivity index (χ0) is 21.2. The molecule has 0 bridgehead atoms. The number of amides is 1. The molecular formula is C23H19ClN4O2S. The number of hydrogen-bond acceptors (Lipinski definition) is 6. The molecule has 0 unspecified atom stereocenters. The summed E-state index contributed by atoms with van der Waals surface area (Å²) in [5.41, 5.74) is 1.99. The smallest absolute Gasteiger partial charge is 0.264 e. The van der Waals surface area contributed by atoms with Gasteiger partial charge in [0, 0.05) is 42.5 Å². The first-order valence-electron chi connectivity index (χ1n) is 9.96. The van der Waals surface area contributed by atoms with Gasteiger partial charge in [0.2, 0.25) is 5.82 Å². The third-order valence-corrected chi connectivity index (χ3v) is 6.56. The van der Waals surface area contributed by atoms with Crippen molar-refractivity contribution in [3.8, 4) is 22.2 Å². The number of halogens is 1. The van der Waals surface area contributed by atoms with Crippen LogP contribution in [0.5, 0.6) is 0 Å². The van der Waals surface area contributed by atoms with E-state index in [1.165, 1.54) is 11.3 Å². The van der Waals surface area contributed by atoms with E-state index in [0.717, 1.165) is 34.2 Å². The van der Waals surface area contributed by atoms with Gasteiger partial charge in [-0.3, -0.25) is 4.79 Å². The van der Waals surface area contributed by atoms with Crippen molar-refractivity contribution in [2.24, 2.45) is 0 Å². The summed E-state index contributed by atoms with van der Waals surface area (Å²) in [6.07, 6.45) is 0. The standard InChI is InChI=1S/C23H19ClN4O2S/c24-17-6-8-18(9-7-17)27-12-14-28(15-13-27)23(29)20-11-10-19(31-20)21-25-22(30-26-21)16-4-2-1-3-5-16/h1-11H,12-15H2. The number of rotatable bonds is 4. The van der Waals surface area contributed by atoms with Crippen LogP contribution in [-0.2, 0) is 0 Å². The Labute approximate surface area is 188 Å². The lowest BCUT2D eigenvalue weighted by atomic mass is 10.2. The van der Waals surface area contributed by atoms with Gasteiger partial charge in [0.15, 0.2) is 0 Å². The van der Waals surface area contributed by atoms with E-state index in [0.29, 0.717) is 29.7 Å². The van der Waals surface area contributed by atoms with Crippen molar-refractivity contribution in [3.05, 3.63) is 76.6 Å². The Morgan fingerprint density at radius 1 is 0.935 bits per heavy atom. The van der Waals surface area contributed by atoms with E-state index >= 15 is 0 Å². The monoisotopic (exact) mass is 450 g/mol. The lowest BCUT2D eigenvalue weighted by Gasteiger charge is -2.36. The molecule has 8 heteroatoms. The van der Waals surface area contributed by atoms with Crippen molar-refractivity contribution in [1.82, 2.24) is 15.0 Å². The fourth-order valence-corrected chi connectivity index (χ4v) is 4.60. The number of piperazine rings is 1. The molecule has 156 valence electrons. The van der Waals surface area contributed by atoms with Crippen LogP contribution < -0.4 is 4.90 Å². The second kappa shape index (κ2) is 8.53. The third kappa shape index (κ3) is 4.19. The molecule has 0 N–H and O–H groups in total. The minimum Gasteiger partial charge on any atom is -0.368 e. The SMILES string of the molecule is O=C(c1ccc(-c2noc(-c3ccccc3)n2)s1)N1CCN(c2ccc(Cl)cc2)CC1.